The number of carbonyl (C=O) groups is 1. The highest BCUT2D eigenvalue weighted by Crippen LogP contribution is 2.23. The molecule has 2 heterocycles. The van der Waals surface area contributed by atoms with Gasteiger partial charge in [-0.15, -0.1) is 0 Å². The molecule has 1 unspecified atom stereocenters. The first-order valence-corrected chi connectivity index (χ1v) is 10.5. The first kappa shape index (κ1) is 19.7. The highest BCUT2D eigenvalue weighted by atomic mass is 35.5. The van der Waals surface area contributed by atoms with Crippen LogP contribution in [0.25, 0.3) is 0 Å². The summed E-state index contributed by atoms with van der Waals surface area (Å²) in [4.78, 5) is 16.5. The molecule has 1 atom stereocenters. The molecule has 1 N–H and O–H groups in total. The van der Waals surface area contributed by atoms with E-state index in [4.69, 9.17) is 11.6 Å². The van der Waals surface area contributed by atoms with Gasteiger partial charge in [-0.1, -0.05) is 23.7 Å². The van der Waals surface area contributed by atoms with Gasteiger partial charge in [0.1, 0.15) is 11.6 Å². The molecule has 1 amide bonds. The highest BCUT2D eigenvalue weighted by Gasteiger charge is 2.32. The molecule has 0 radical (unpaired) electrons. The maximum Gasteiger partial charge on any atom is 0.229 e. The lowest BCUT2D eigenvalue weighted by Crippen LogP contribution is -2.44. The molecule has 1 fully saturated rings. The first-order valence-electron chi connectivity index (χ1n) is 8.48. The van der Waals surface area contributed by atoms with Crippen molar-refractivity contribution in [3.63, 3.8) is 0 Å². The van der Waals surface area contributed by atoms with Crippen LogP contribution in [0.3, 0.4) is 0 Å². The first-order chi connectivity index (χ1) is 12.8. The lowest BCUT2D eigenvalue weighted by Gasteiger charge is -2.31. The summed E-state index contributed by atoms with van der Waals surface area (Å²) in [5.41, 5.74) is 0.381. The van der Waals surface area contributed by atoms with Crippen LogP contribution in [0, 0.1) is 11.7 Å². The van der Waals surface area contributed by atoms with Crippen molar-refractivity contribution in [3.8, 4) is 0 Å². The van der Waals surface area contributed by atoms with Crippen molar-refractivity contribution in [2.45, 2.75) is 18.6 Å². The van der Waals surface area contributed by atoms with Crippen molar-refractivity contribution in [1.29, 1.82) is 0 Å². The molecule has 6 nitrogen and oxygen atoms in total. The Bertz CT molecular complexity index is 922. The number of sulfonamides is 1. The minimum absolute atomic E-state index is 0.0943. The summed E-state index contributed by atoms with van der Waals surface area (Å²) in [6.07, 6.45) is 2.59. The van der Waals surface area contributed by atoms with E-state index >= 15 is 0 Å². The molecular formula is C18H19ClFN3O3S. The van der Waals surface area contributed by atoms with E-state index in [1.165, 1.54) is 28.7 Å². The number of aromatic nitrogens is 1. The summed E-state index contributed by atoms with van der Waals surface area (Å²) in [5.74, 6) is -1.16. The average Bonchev–Trinajstić information content (AvgIpc) is 2.63. The smallest absolute Gasteiger partial charge is 0.229 e. The van der Waals surface area contributed by atoms with Gasteiger partial charge in [-0.25, -0.2) is 22.1 Å². The Morgan fingerprint density at radius 1 is 1.33 bits per heavy atom. The number of carbonyl (C=O) groups excluding carboxylic acids is 1. The number of rotatable bonds is 5. The third-order valence-corrected chi connectivity index (χ3v) is 6.41. The molecular weight excluding hydrogens is 393 g/mol. The second-order valence-electron chi connectivity index (χ2n) is 6.43. The molecule has 0 aliphatic carbocycles. The van der Waals surface area contributed by atoms with Gasteiger partial charge in [-0.3, -0.25) is 4.79 Å². The van der Waals surface area contributed by atoms with Crippen LogP contribution < -0.4 is 5.32 Å². The number of halogens is 2. The molecule has 1 aliphatic heterocycles. The van der Waals surface area contributed by atoms with Crippen LogP contribution in [-0.4, -0.2) is 36.7 Å². The topological polar surface area (TPSA) is 79.4 Å². The van der Waals surface area contributed by atoms with Crippen LogP contribution in [0.1, 0.15) is 18.4 Å². The predicted molar refractivity (Wildman–Crippen MR) is 101 cm³/mol. The number of amides is 1. The van der Waals surface area contributed by atoms with Gasteiger partial charge in [0.25, 0.3) is 0 Å². The van der Waals surface area contributed by atoms with E-state index in [9.17, 15) is 17.6 Å². The van der Waals surface area contributed by atoms with Crippen molar-refractivity contribution in [2.24, 2.45) is 5.92 Å². The largest absolute Gasteiger partial charge is 0.310 e. The van der Waals surface area contributed by atoms with Crippen LogP contribution >= 0.6 is 11.6 Å². The lowest BCUT2D eigenvalue weighted by atomic mass is 9.99. The molecule has 1 aromatic heterocycles. The van der Waals surface area contributed by atoms with Gasteiger partial charge in [-0.05, 0) is 42.7 Å². The van der Waals surface area contributed by atoms with Gasteiger partial charge >= 0.3 is 0 Å². The Balaban J connectivity index is 1.65. The summed E-state index contributed by atoms with van der Waals surface area (Å²) in [7, 11) is -3.64. The Labute approximate surface area is 162 Å². The summed E-state index contributed by atoms with van der Waals surface area (Å²) in [6.45, 7) is 0.442. The van der Waals surface area contributed by atoms with Crippen molar-refractivity contribution in [1.82, 2.24) is 9.29 Å². The highest BCUT2D eigenvalue weighted by molar-refractivity contribution is 7.88. The average molecular weight is 412 g/mol. The summed E-state index contributed by atoms with van der Waals surface area (Å²) in [5, 5.41) is 3.15. The van der Waals surface area contributed by atoms with Gasteiger partial charge in [0.15, 0.2) is 0 Å². The molecule has 0 bridgehead atoms. The fraction of sp³-hybridized carbons (Fsp3) is 0.333. The molecule has 9 heteroatoms. The maximum atomic E-state index is 13.3. The molecule has 1 aliphatic rings. The fourth-order valence-corrected chi connectivity index (χ4v) is 4.73. The lowest BCUT2D eigenvalue weighted by molar-refractivity contribution is -0.120. The molecule has 144 valence electrons. The number of nitrogens with zero attached hydrogens (tertiary/aromatic N) is 2. The third kappa shape index (κ3) is 5.24. The van der Waals surface area contributed by atoms with Crippen LogP contribution in [0.5, 0.6) is 0 Å². The van der Waals surface area contributed by atoms with E-state index in [0.29, 0.717) is 35.8 Å². The number of hydrogen-bond donors (Lipinski definition) is 1. The summed E-state index contributed by atoms with van der Waals surface area (Å²) < 4.78 is 40.0. The fourth-order valence-electron chi connectivity index (χ4n) is 3.02. The number of hydrogen-bond acceptors (Lipinski definition) is 4. The Morgan fingerprint density at radius 2 is 2.15 bits per heavy atom. The predicted octanol–water partition coefficient (Wildman–Crippen LogP) is 3.05. The van der Waals surface area contributed by atoms with Crippen LogP contribution in [-0.2, 0) is 20.6 Å². The minimum atomic E-state index is -3.64. The number of anilines is 1. The SMILES string of the molecule is O=C(Nc1ccc(Cl)cn1)C1CCCN(S(=O)(=O)Cc2cccc(F)c2)C1. The monoisotopic (exact) mass is 411 g/mol. The summed E-state index contributed by atoms with van der Waals surface area (Å²) in [6, 6.07) is 8.72. The molecule has 0 saturated carbocycles. The quantitative estimate of drug-likeness (QED) is 0.820. The Hall–Kier alpha value is -2.03. The minimum Gasteiger partial charge on any atom is -0.310 e. The van der Waals surface area contributed by atoms with Gasteiger partial charge in [0.05, 0.1) is 16.7 Å². The molecule has 3 rings (SSSR count). The zero-order valence-electron chi connectivity index (χ0n) is 14.4. The third-order valence-electron chi connectivity index (χ3n) is 4.37. The normalized spacial score (nSPS) is 18.2. The summed E-state index contributed by atoms with van der Waals surface area (Å²) >= 11 is 5.77. The molecule has 27 heavy (non-hydrogen) atoms. The van der Waals surface area contributed by atoms with Crippen LogP contribution in [0.15, 0.2) is 42.6 Å². The zero-order valence-corrected chi connectivity index (χ0v) is 16.0. The second kappa shape index (κ2) is 8.33. The van der Waals surface area contributed by atoms with E-state index in [-0.39, 0.29) is 18.2 Å². The van der Waals surface area contributed by atoms with Crippen molar-refractivity contribution < 1.29 is 17.6 Å². The number of benzene rings is 1. The Morgan fingerprint density at radius 3 is 2.85 bits per heavy atom. The molecule has 1 aromatic carbocycles. The maximum absolute atomic E-state index is 13.3. The van der Waals surface area contributed by atoms with Gasteiger partial charge in [-0.2, -0.15) is 0 Å². The van der Waals surface area contributed by atoms with E-state index < -0.39 is 21.8 Å². The van der Waals surface area contributed by atoms with Crippen LogP contribution in [0.4, 0.5) is 10.2 Å². The number of pyridine rings is 1. The Kier molecular flexibility index (Phi) is 6.08. The second-order valence-corrected chi connectivity index (χ2v) is 8.84. The van der Waals surface area contributed by atoms with Crippen LogP contribution in [0.2, 0.25) is 5.02 Å². The van der Waals surface area contributed by atoms with Crippen molar-refractivity contribution in [2.75, 3.05) is 18.4 Å². The van der Waals surface area contributed by atoms with E-state index in [1.807, 2.05) is 0 Å². The zero-order chi connectivity index (χ0) is 19.4. The van der Waals surface area contributed by atoms with Gasteiger partial charge in [0, 0.05) is 19.3 Å². The molecule has 2 aromatic rings. The van der Waals surface area contributed by atoms with Crippen molar-refractivity contribution >= 4 is 33.3 Å². The van der Waals surface area contributed by atoms with Crippen molar-refractivity contribution in [3.05, 3.63) is 59.0 Å². The van der Waals surface area contributed by atoms with Gasteiger partial charge in [0.2, 0.25) is 15.9 Å². The van der Waals surface area contributed by atoms with Gasteiger partial charge < -0.3 is 5.32 Å². The molecule has 0 spiro atoms. The standard InChI is InChI=1S/C18H19ClFN3O3S/c19-15-6-7-17(21-10-15)22-18(24)14-4-2-8-23(11-14)27(25,26)12-13-3-1-5-16(20)9-13/h1,3,5-7,9-10,14H,2,4,8,11-12H2,(H,21,22,24). The molecule has 1 saturated heterocycles. The van der Waals surface area contributed by atoms with E-state index in [0.717, 1.165) is 0 Å². The van der Waals surface area contributed by atoms with E-state index in [1.54, 1.807) is 18.2 Å². The van der Waals surface area contributed by atoms with E-state index in [2.05, 4.69) is 10.3 Å². The number of nitrogens with one attached hydrogen (secondary N) is 1. The number of piperidine rings is 1.